The Morgan fingerprint density at radius 2 is 1.89 bits per heavy atom. The second-order valence-corrected chi connectivity index (χ2v) is 11.1. The lowest BCUT2D eigenvalue weighted by atomic mass is 10.1. The lowest BCUT2D eigenvalue weighted by Crippen LogP contribution is -2.55. The number of rotatable bonds is 12. The van der Waals surface area contributed by atoms with E-state index in [0.717, 1.165) is 30.0 Å². The van der Waals surface area contributed by atoms with Crippen LogP contribution in [0.4, 0.5) is 11.4 Å². The first-order chi connectivity index (χ1) is 16.8. The van der Waals surface area contributed by atoms with Gasteiger partial charge in [-0.25, -0.2) is 8.42 Å². The van der Waals surface area contributed by atoms with Gasteiger partial charge in [-0.3, -0.25) is 18.7 Å². The molecule has 2 heterocycles. The predicted molar refractivity (Wildman–Crippen MR) is 135 cm³/mol. The molecule has 3 rings (SSSR count). The Morgan fingerprint density at radius 3 is 2.57 bits per heavy atom. The Hall–Kier alpha value is -2.66. The zero-order valence-corrected chi connectivity index (χ0v) is 21.2. The zero-order valence-electron chi connectivity index (χ0n) is 20.4. The fourth-order valence-corrected chi connectivity index (χ4v) is 6.36. The van der Waals surface area contributed by atoms with Crippen molar-refractivity contribution in [2.75, 3.05) is 35.0 Å². The number of fused-ring (bicyclic) bond motifs is 1. The van der Waals surface area contributed by atoms with Crippen molar-refractivity contribution in [3.8, 4) is 0 Å². The quantitative estimate of drug-likeness (QED) is 0.367. The van der Waals surface area contributed by atoms with Gasteiger partial charge >= 0.3 is 0 Å². The van der Waals surface area contributed by atoms with Crippen molar-refractivity contribution < 1.29 is 22.8 Å². The van der Waals surface area contributed by atoms with Crippen LogP contribution >= 0.6 is 0 Å². The number of carbonyl (C=O) groups is 3. The Morgan fingerprint density at radius 1 is 1.17 bits per heavy atom. The zero-order chi connectivity index (χ0) is 25.4. The Labute approximate surface area is 207 Å². The number of nitrogens with one attached hydrogen (secondary N) is 2. The van der Waals surface area contributed by atoms with E-state index in [0.29, 0.717) is 50.3 Å². The van der Waals surface area contributed by atoms with Crippen LogP contribution in [-0.2, 0) is 24.4 Å². The summed E-state index contributed by atoms with van der Waals surface area (Å²) in [5, 5.41) is 5.48. The highest BCUT2D eigenvalue weighted by Gasteiger charge is 2.41. The second-order valence-electron chi connectivity index (χ2n) is 9.13. The maximum absolute atomic E-state index is 13.3. The Balaban J connectivity index is 1.81. The van der Waals surface area contributed by atoms with Crippen molar-refractivity contribution in [3.63, 3.8) is 0 Å². The average molecular weight is 508 g/mol. The van der Waals surface area contributed by atoms with Crippen LogP contribution in [0.3, 0.4) is 0 Å². The number of nitrogens with zero attached hydrogens (tertiary/aromatic N) is 2. The molecule has 2 aliphatic rings. The third-order valence-corrected chi connectivity index (χ3v) is 8.27. The predicted octanol–water partition coefficient (Wildman–Crippen LogP) is 1.57. The maximum Gasteiger partial charge on any atom is 0.248 e. The van der Waals surface area contributed by atoms with Gasteiger partial charge in [-0.1, -0.05) is 31.9 Å². The molecule has 0 bridgehead atoms. The molecule has 0 aromatic heterocycles. The molecule has 10 nitrogen and oxygen atoms in total. The van der Waals surface area contributed by atoms with E-state index in [9.17, 15) is 22.8 Å². The molecule has 1 aromatic carbocycles. The first-order valence-electron chi connectivity index (χ1n) is 12.5. The van der Waals surface area contributed by atoms with E-state index in [4.69, 9.17) is 5.73 Å². The third-order valence-electron chi connectivity index (χ3n) is 6.42. The summed E-state index contributed by atoms with van der Waals surface area (Å²) in [5.41, 5.74) is 6.36. The van der Waals surface area contributed by atoms with Gasteiger partial charge in [-0.2, -0.15) is 0 Å². The maximum atomic E-state index is 13.3. The van der Waals surface area contributed by atoms with E-state index < -0.39 is 33.9 Å². The fraction of sp³-hybridized carbons (Fsp3) is 0.625. The van der Waals surface area contributed by atoms with Gasteiger partial charge in [0.2, 0.25) is 27.7 Å². The topological polar surface area (TPSA) is 142 Å². The van der Waals surface area contributed by atoms with Gasteiger partial charge in [-0.15, -0.1) is 0 Å². The van der Waals surface area contributed by atoms with Crippen LogP contribution in [0.1, 0.15) is 58.3 Å². The minimum absolute atomic E-state index is 0.118. The van der Waals surface area contributed by atoms with Gasteiger partial charge in [0.25, 0.3) is 0 Å². The number of likely N-dealkylation sites (tertiary alicyclic amines) is 1. The van der Waals surface area contributed by atoms with Crippen molar-refractivity contribution in [1.82, 2.24) is 10.2 Å². The Bertz CT molecular complexity index is 1010. The molecule has 1 saturated heterocycles. The highest BCUT2D eigenvalue weighted by Crippen LogP contribution is 2.35. The van der Waals surface area contributed by atoms with Crippen molar-refractivity contribution in [1.29, 1.82) is 0 Å². The van der Waals surface area contributed by atoms with Gasteiger partial charge in [-0.05, 0) is 50.8 Å². The number of para-hydroxylation sites is 2. The second kappa shape index (κ2) is 12.3. The van der Waals surface area contributed by atoms with E-state index in [1.165, 1.54) is 0 Å². The molecule has 0 unspecified atom stereocenters. The third kappa shape index (κ3) is 6.72. The number of amides is 3. The van der Waals surface area contributed by atoms with E-state index >= 15 is 0 Å². The molecule has 0 spiro atoms. The minimum Gasteiger partial charge on any atom is -0.344 e. The van der Waals surface area contributed by atoms with Crippen LogP contribution in [0.25, 0.3) is 0 Å². The normalized spacial score (nSPS) is 18.7. The van der Waals surface area contributed by atoms with E-state index in [2.05, 4.69) is 10.6 Å². The molecule has 1 aromatic rings. The lowest BCUT2D eigenvalue weighted by Gasteiger charge is -2.37. The van der Waals surface area contributed by atoms with Crippen LogP contribution in [-0.4, -0.2) is 68.5 Å². The molecule has 2 atom stereocenters. The summed E-state index contributed by atoms with van der Waals surface area (Å²) in [6.45, 7) is 3.66. The summed E-state index contributed by atoms with van der Waals surface area (Å²) in [6.07, 6.45) is 4.46. The number of nitrogens with two attached hydrogens (primary N) is 1. The highest BCUT2D eigenvalue weighted by atomic mass is 32.2. The molecular weight excluding hydrogens is 470 g/mol. The summed E-state index contributed by atoms with van der Waals surface area (Å²) in [4.78, 5) is 40.8. The number of hydrogen-bond donors (Lipinski definition) is 3. The largest absolute Gasteiger partial charge is 0.344 e. The molecular formula is C24H37N5O5S. The van der Waals surface area contributed by atoms with Gasteiger partial charge in [0, 0.05) is 13.1 Å². The number of benzene rings is 1. The van der Waals surface area contributed by atoms with Crippen molar-refractivity contribution in [2.24, 2.45) is 5.73 Å². The fourth-order valence-electron chi connectivity index (χ4n) is 4.58. The number of hydrogen-bond acceptors (Lipinski definition) is 6. The van der Waals surface area contributed by atoms with E-state index in [1.807, 2.05) is 6.92 Å². The first kappa shape index (κ1) is 26.9. The van der Waals surface area contributed by atoms with Crippen molar-refractivity contribution in [3.05, 3.63) is 24.3 Å². The standard InChI is InChI=1S/C24H37N5O5S/c1-2-3-8-16-35(33,34)29-20-12-5-4-10-18(20)27-23(31)21(29)17-22(30)26-19(11-9-13-25)24(32)28-14-6-7-15-28/h4-5,10,12,19,21H,2-3,6-9,11,13-17,25H2,1H3,(H,26,30)(H,27,31)/t19-,21+/m0/s1. The van der Waals surface area contributed by atoms with E-state index in [1.54, 1.807) is 29.2 Å². The monoisotopic (exact) mass is 507 g/mol. The van der Waals surface area contributed by atoms with Crippen LogP contribution in [0.15, 0.2) is 24.3 Å². The number of unbranched alkanes of at least 4 members (excludes halogenated alkanes) is 2. The number of carbonyl (C=O) groups excluding carboxylic acids is 3. The van der Waals surface area contributed by atoms with Gasteiger partial charge in [0.05, 0.1) is 23.5 Å². The summed E-state index contributed by atoms with van der Waals surface area (Å²) < 4.78 is 27.8. The summed E-state index contributed by atoms with van der Waals surface area (Å²) in [5.74, 6) is -1.39. The molecule has 11 heteroatoms. The summed E-state index contributed by atoms with van der Waals surface area (Å²) in [6, 6.07) is 4.67. The van der Waals surface area contributed by atoms with Crippen LogP contribution in [0.5, 0.6) is 0 Å². The molecule has 194 valence electrons. The molecule has 3 amide bonds. The molecule has 2 aliphatic heterocycles. The number of anilines is 2. The van der Waals surface area contributed by atoms with Gasteiger partial charge in [0.1, 0.15) is 12.1 Å². The molecule has 0 aliphatic carbocycles. The van der Waals surface area contributed by atoms with Crippen LogP contribution in [0, 0.1) is 0 Å². The SMILES string of the molecule is CCCCCS(=O)(=O)N1c2ccccc2NC(=O)[C@H]1CC(=O)N[C@@H](CCCN)C(=O)N1CCCC1. The highest BCUT2D eigenvalue weighted by molar-refractivity contribution is 7.92. The molecule has 4 N–H and O–H groups in total. The minimum atomic E-state index is -3.87. The molecule has 0 saturated carbocycles. The summed E-state index contributed by atoms with van der Waals surface area (Å²) >= 11 is 0. The summed E-state index contributed by atoms with van der Waals surface area (Å²) in [7, 11) is -3.87. The first-order valence-corrected chi connectivity index (χ1v) is 14.1. The van der Waals surface area contributed by atoms with E-state index in [-0.39, 0.29) is 18.1 Å². The molecule has 35 heavy (non-hydrogen) atoms. The Kier molecular flexibility index (Phi) is 9.50. The van der Waals surface area contributed by atoms with Gasteiger partial charge < -0.3 is 21.3 Å². The smallest absolute Gasteiger partial charge is 0.248 e. The van der Waals surface area contributed by atoms with Gasteiger partial charge in [0.15, 0.2) is 0 Å². The van der Waals surface area contributed by atoms with Crippen LogP contribution in [0.2, 0.25) is 0 Å². The number of sulfonamides is 1. The average Bonchev–Trinajstić information content (AvgIpc) is 3.36. The molecule has 0 radical (unpaired) electrons. The van der Waals surface area contributed by atoms with Crippen LogP contribution < -0.4 is 20.7 Å². The molecule has 1 fully saturated rings. The van der Waals surface area contributed by atoms with Crippen molar-refractivity contribution in [2.45, 2.75) is 70.4 Å². The lowest BCUT2D eigenvalue weighted by molar-refractivity contribution is -0.136. The van der Waals surface area contributed by atoms with Crippen molar-refractivity contribution >= 4 is 39.1 Å².